The van der Waals surface area contributed by atoms with E-state index in [1.54, 1.807) is 0 Å². The first-order valence-corrected chi connectivity index (χ1v) is 6.91. The van der Waals surface area contributed by atoms with Crippen molar-refractivity contribution in [2.45, 2.75) is 32.6 Å². The smallest absolute Gasteiger partial charge is 0.224 e. The summed E-state index contributed by atoms with van der Waals surface area (Å²) in [6, 6.07) is 7.41. The standard InChI is InChI=1S/C15H24N2O2/c1-2-3-9-19-10-5-8-17-15(18)12-13-6-4-7-14(16)11-13/h4,6-7,11H,2-3,5,8-10,12,16H2,1H3,(H,17,18). The molecule has 0 aliphatic carbocycles. The Morgan fingerprint density at radius 2 is 2.11 bits per heavy atom. The van der Waals surface area contributed by atoms with Crippen LogP contribution in [0.2, 0.25) is 0 Å². The Bertz CT molecular complexity index is 380. The lowest BCUT2D eigenvalue weighted by Crippen LogP contribution is -2.26. The number of unbranched alkanes of at least 4 members (excludes halogenated alkanes) is 1. The Kier molecular flexibility index (Phi) is 7.66. The van der Waals surface area contributed by atoms with Crippen molar-refractivity contribution in [2.24, 2.45) is 0 Å². The highest BCUT2D eigenvalue weighted by Crippen LogP contribution is 2.06. The first-order chi connectivity index (χ1) is 9.22. The molecule has 0 aliphatic rings. The summed E-state index contributed by atoms with van der Waals surface area (Å²) in [5.41, 5.74) is 7.30. The summed E-state index contributed by atoms with van der Waals surface area (Å²) in [7, 11) is 0. The highest BCUT2D eigenvalue weighted by Gasteiger charge is 2.02. The van der Waals surface area contributed by atoms with Crippen LogP contribution in [0.25, 0.3) is 0 Å². The lowest BCUT2D eigenvalue weighted by atomic mass is 10.1. The Balaban J connectivity index is 2.08. The van der Waals surface area contributed by atoms with Crippen molar-refractivity contribution in [1.29, 1.82) is 0 Å². The van der Waals surface area contributed by atoms with Crippen LogP contribution in [-0.4, -0.2) is 25.7 Å². The second-order valence-electron chi connectivity index (χ2n) is 4.59. The van der Waals surface area contributed by atoms with Crippen molar-refractivity contribution in [1.82, 2.24) is 5.32 Å². The molecule has 106 valence electrons. The number of carbonyl (C=O) groups is 1. The van der Waals surface area contributed by atoms with Crippen molar-refractivity contribution in [3.63, 3.8) is 0 Å². The lowest BCUT2D eigenvalue weighted by Gasteiger charge is -2.06. The van der Waals surface area contributed by atoms with E-state index in [2.05, 4.69) is 12.2 Å². The van der Waals surface area contributed by atoms with Crippen molar-refractivity contribution in [2.75, 3.05) is 25.5 Å². The van der Waals surface area contributed by atoms with Crippen LogP contribution in [0.5, 0.6) is 0 Å². The van der Waals surface area contributed by atoms with Crippen LogP contribution in [0, 0.1) is 0 Å². The van der Waals surface area contributed by atoms with Gasteiger partial charge in [-0.15, -0.1) is 0 Å². The summed E-state index contributed by atoms with van der Waals surface area (Å²) in [5, 5.41) is 2.88. The molecule has 0 atom stereocenters. The maximum Gasteiger partial charge on any atom is 0.224 e. The lowest BCUT2D eigenvalue weighted by molar-refractivity contribution is -0.120. The summed E-state index contributed by atoms with van der Waals surface area (Å²) < 4.78 is 5.42. The normalized spacial score (nSPS) is 10.4. The molecule has 1 aromatic carbocycles. The molecule has 3 N–H and O–H groups in total. The number of hydrogen-bond acceptors (Lipinski definition) is 3. The van der Waals surface area contributed by atoms with Crippen molar-refractivity contribution in [3.8, 4) is 0 Å². The third-order valence-electron chi connectivity index (χ3n) is 2.75. The molecular formula is C15H24N2O2. The fourth-order valence-electron chi connectivity index (χ4n) is 1.70. The highest BCUT2D eigenvalue weighted by molar-refractivity contribution is 5.78. The van der Waals surface area contributed by atoms with Gasteiger partial charge in [-0.25, -0.2) is 0 Å². The molecule has 0 radical (unpaired) electrons. The number of carbonyl (C=O) groups excluding carboxylic acids is 1. The molecule has 0 saturated heterocycles. The summed E-state index contributed by atoms with van der Waals surface area (Å²) in [5.74, 6) is 0.0270. The maximum absolute atomic E-state index is 11.7. The summed E-state index contributed by atoms with van der Waals surface area (Å²) in [6.07, 6.45) is 3.48. The van der Waals surface area contributed by atoms with Gasteiger partial charge in [0, 0.05) is 25.4 Å². The molecule has 0 unspecified atom stereocenters. The second-order valence-corrected chi connectivity index (χ2v) is 4.59. The van der Waals surface area contributed by atoms with Gasteiger partial charge in [0.25, 0.3) is 0 Å². The molecule has 0 fully saturated rings. The van der Waals surface area contributed by atoms with Gasteiger partial charge in [-0.1, -0.05) is 25.5 Å². The van der Waals surface area contributed by atoms with Crippen LogP contribution in [0.15, 0.2) is 24.3 Å². The topological polar surface area (TPSA) is 64.3 Å². The van der Waals surface area contributed by atoms with Crippen molar-refractivity contribution >= 4 is 11.6 Å². The molecule has 4 nitrogen and oxygen atoms in total. The highest BCUT2D eigenvalue weighted by atomic mass is 16.5. The van der Waals surface area contributed by atoms with Gasteiger partial charge in [0.1, 0.15) is 0 Å². The fourth-order valence-corrected chi connectivity index (χ4v) is 1.70. The molecular weight excluding hydrogens is 240 g/mol. The monoisotopic (exact) mass is 264 g/mol. The summed E-state index contributed by atoms with van der Waals surface area (Å²) in [4.78, 5) is 11.7. The number of hydrogen-bond donors (Lipinski definition) is 2. The molecule has 0 saturated carbocycles. The first kappa shape index (κ1) is 15.5. The van der Waals surface area contributed by atoms with Crippen LogP contribution in [0.4, 0.5) is 5.69 Å². The summed E-state index contributed by atoms with van der Waals surface area (Å²) >= 11 is 0. The largest absolute Gasteiger partial charge is 0.399 e. The van der Waals surface area contributed by atoms with E-state index in [4.69, 9.17) is 10.5 Å². The third-order valence-corrected chi connectivity index (χ3v) is 2.75. The molecule has 0 spiro atoms. The number of anilines is 1. The van der Waals surface area contributed by atoms with Crippen molar-refractivity contribution < 1.29 is 9.53 Å². The number of ether oxygens (including phenoxy) is 1. The van der Waals surface area contributed by atoms with Crippen molar-refractivity contribution in [3.05, 3.63) is 29.8 Å². The van der Waals surface area contributed by atoms with Gasteiger partial charge in [-0.2, -0.15) is 0 Å². The van der Waals surface area contributed by atoms with E-state index in [0.29, 0.717) is 25.3 Å². The molecule has 4 heteroatoms. The van der Waals surface area contributed by atoms with E-state index >= 15 is 0 Å². The zero-order valence-corrected chi connectivity index (χ0v) is 11.7. The van der Waals surface area contributed by atoms with E-state index in [1.807, 2.05) is 24.3 Å². The van der Waals surface area contributed by atoms with Gasteiger partial charge in [-0.3, -0.25) is 4.79 Å². The Morgan fingerprint density at radius 3 is 2.84 bits per heavy atom. The van der Waals surface area contributed by atoms with Crippen LogP contribution >= 0.6 is 0 Å². The number of benzene rings is 1. The Labute approximate surface area is 115 Å². The minimum atomic E-state index is 0.0270. The van der Waals surface area contributed by atoms with E-state index < -0.39 is 0 Å². The zero-order chi connectivity index (χ0) is 13.9. The predicted molar refractivity (Wildman–Crippen MR) is 77.9 cm³/mol. The predicted octanol–water partition coefficient (Wildman–Crippen LogP) is 2.13. The fraction of sp³-hybridized carbons (Fsp3) is 0.533. The third kappa shape index (κ3) is 7.47. The average Bonchev–Trinajstić information content (AvgIpc) is 2.37. The summed E-state index contributed by atoms with van der Waals surface area (Å²) in [6.45, 7) is 4.32. The first-order valence-electron chi connectivity index (χ1n) is 6.91. The molecule has 0 bridgehead atoms. The second kappa shape index (κ2) is 9.39. The molecule has 19 heavy (non-hydrogen) atoms. The quantitative estimate of drug-likeness (QED) is 0.530. The molecule has 1 aromatic rings. The van der Waals surface area contributed by atoms with E-state index in [9.17, 15) is 4.79 Å². The number of nitrogen functional groups attached to an aromatic ring is 1. The van der Waals surface area contributed by atoms with E-state index in [0.717, 1.165) is 31.4 Å². The SMILES string of the molecule is CCCCOCCCNC(=O)Cc1cccc(N)c1. The number of amides is 1. The van der Waals surface area contributed by atoms with Crippen LogP contribution in [0.1, 0.15) is 31.7 Å². The average molecular weight is 264 g/mol. The number of rotatable bonds is 9. The zero-order valence-electron chi connectivity index (χ0n) is 11.7. The van der Waals surface area contributed by atoms with Gasteiger partial charge >= 0.3 is 0 Å². The minimum absolute atomic E-state index is 0.0270. The Morgan fingerprint density at radius 1 is 1.32 bits per heavy atom. The van der Waals surface area contributed by atoms with E-state index in [1.165, 1.54) is 0 Å². The molecule has 1 amide bonds. The van der Waals surface area contributed by atoms with Gasteiger partial charge in [0.15, 0.2) is 0 Å². The number of nitrogens with two attached hydrogens (primary N) is 1. The van der Waals surface area contributed by atoms with Gasteiger partial charge in [0.2, 0.25) is 5.91 Å². The number of nitrogens with one attached hydrogen (secondary N) is 1. The van der Waals surface area contributed by atoms with Gasteiger partial charge in [0.05, 0.1) is 6.42 Å². The van der Waals surface area contributed by atoms with Crippen LogP contribution in [-0.2, 0) is 16.0 Å². The molecule has 0 aromatic heterocycles. The molecule has 0 aliphatic heterocycles. The minimum Gasteiger partial charge on any atom is -0.399 e. The van der Waals surface area contributed by atoms with Gasteiger partial charge in [-0.05, 0) is 30.5 Å². The van der Waals surface area contributed by atoms with Crippen LogP contribution < -0.4 is 11.1 Å². The molecule has 0 heterocycles. The molecule has 1 rings (SSSR count). The van der Waals surface area contributed by atoms with Crippen LogP contribution in [0.3, 0.4) is 0 Å². The maximum atomic E-state index is 11.7. The van der Waals surface area contributed by atoms with Gasteiger partial charge < -0.3 is 15.8 Å². The van der Waals surface area contributed by atoms with E-state index in [-0.39, 0.29) is 5.91 Å². The Hall–Kier alpha value is -1.55.